The summed E-state index contributed by atoms with van der Waals surface area (Å²) in [5, 5.41) is 0.157. The van der Waals surface area contributed by atoms with E-state index in [1.807, 2.05) is 6.66 Å². The largest absolute Gasteiger partial charge is 0.412 e. The highest BCUT2D eigenvalue weighted by Crippen LogP contribution is 2.63. The van der Waals surface area contributed by atoms with Crippen molar-refractivity contribution < 1.29 is 13.7 Å². The molecule has 22 heavy (non-hydrogen) atoms. The second-order valence-corrected chi connectivity index (χ2v) is 20.8. The van der Waals surface area contributed by atoms with Crippen molar-refractivity contribution in [1.82, 2.24) is 0 Å². The predicted octanol–water partition coefficient (Wildman–Crippen LogP) is 3.98. The first-order valence-corrected chi connectivity index (χ1v) is 15.4. The van der Waals surface area contributed by atoms with Gasteiger partial charge in [0.25, 0.3) is 0 Å². The minimum absolute atomic E-state index is 0.0714. The van der Waals surface area contributed by atoms with Crippen LogP contribution < -0.4 is 0 Å². The molecule has 2 heterocycles. The van der Waals surface area contributed by atoms with Crippen LogP contribution in [0.25, 0.3) is 0 Å². The van der Waals surface area contributed by atoms with E-state index >= 15 is 0 Å². The third kappa shape index (κ3) is 3.71. The first-order valence-electron chi connectivity index (χ1n) is 7.78. The average molecular weight is 378 g/mol. The molecule has 0 N–H and O–H groups in total. The van der Waals surface area contributed by atoms with Crippen molar-refractivity contribution in [2.24, 2.45) is 5.92 Å². The molecule has 2 aliphatic rings. The Kier molecular flexibility index (Phi) is 5.45. The summed E-state index contributed by atoms with van der Waals surface area (Å²) in [5.41, 5.74) is -2.05. The second kappa shape index (κ2) is 6.15. The van der Waals surface area contributed by atoms with E-state index in [0.29, 0.717) is 6.61 Å². The van der Waals surface area contributed by atoms with Crippen molar-refractivity contribution in [2.75, 3.05) is 19.0 Å². The molecule has 0 saturated carbocycles. The summed E-state index contributed by atoms with van der Waals surface area (Å²) >= 11 is 7.22. The van der Waals surface area contributed by atoms with Gasteiger partial charge in [-0.1, -0.05) is 50.9 Å². The molecule has 0 aromatic heterocycles. The highest BCUT2D eigenvalue weighted by molar-refractivity contribution is 8.69. The van der Waals surface area contributed by atoms with Crippen LogP contribution in [0.1, 0.15) is 27.7 Å². The molecular weight excluding hydrogens is 350 g/mol. The SMILES string of the molecule is [B][C@@H]1O[C@@]2(COP(C)(=S)SC2)C(C)[C@@H]1O[Si](C)(C)C(C)(C)C. The van der Waals surface area contributed by atoms with Gasteiger partial charge >= 0.3 is 0 Å². The molecule has 0 aromatic rings. The number of hydrogen-bond donors (Lipinski definition) is 0. The van der Waals surface area contributed by atoms with Crippen molar-refractivity contribution in [3.63, 3.8) is 0 Å². The van der Waals surface area contributed by atoms with E-state index in [-0.39, 0.29) is 28.7 Å². The van der Waals surface area contributed by atoms with Gasteiger partial charge in [-0.2, -0.15) is 0 Å². The van der Waals surface area contributed by atoms with Gasteiger partial charge in [-0.05, 0) is 24.8 Å². The first-order chi connectivity index (χ1) is 9.80. The predicted molar refractivity (Wildman–Crippen MR) is 103 cm³/mol. The maximum Gasteiger partial charge on any atom is 0.192 e. The topological polar surface area (TPSA) is 27.7 Å². The van der Waals surface area contributed by atoms with Gasteiger partial charge in [-0.25, -0.2) is 0 Å². The quantitative estimate of drug-likeness (QED) is 0.535. The van der Waals surface area contributed by atoms with E-state index in [1.54, 1.807) is 11.4 Å². The van der Waals surface area contributed by atoms with Gasteiger partial charge < -0.3 is 13.7 Å². The smallest absolute Gasteiger partial charge is 0.192 e. The summed E-state index contributed by atoms with van der Waals surface area (Å²) in [4.78, 5) is 0. The van der Waals surface area contributed by atoms with Crippen molar-refractivity contribution in [2.45, 2.75) is 63.5 Å². The highest BCUT2D eigenvalue weighted by atomic mass is 32.9. The number of ether oxygens (including phenoxy) is 1. The van der Waals surface area contributed by atoms with Crippen LogP contribution in [0.15, 0.2) is 0 Å². The Balaban J connectivity index is 2.15. The standard InChI is InChI=1S/C14H28BO3PS2Si/c1-10-11(18-22(6,7)13(2,3)4)12(15)17-14(10)8-16-19(5,20)21-9-14/h10-12H,8-9H2,1-7H3/t10?,11-,12+,14+,19?/m0/s1. The third-order valence-corrected chi connectivity index (χ3v) is 14.9. The van der Waals surface area contributed by atoms with Crippen LogP contribution in [-0.4, -0.2) is 52.9 Å². The van der Waals surface area contributed by atoms with Crippen molar-refractivity contribution in [3.05, 3.63) is 0 Å². The fourth-order valence-electron chi connectivity index (χ4n) is 2.58. The van der Waals surface area contributed by atoms with Crippen molar-refractivity contribution >= 4 is 44.8 Å². The third-order valence-electron chi connectivity index (χ3n) is 5.34. The summed E-state index contributed by atoms with van der Waals surface area (Å²) in [6.45, 7) is 16.0. The lowest BCUT2D eigenvalue weighted by Crippen LogP contribution is -2.50. The lowest BCUT2D eigenvalue weighted by Gasteiger charge is -2.42. The van der Waals surface area contributed by atoms with Crippen LogP contribution in [0.5, 0.6) is 0 Å². The molecule has 2 saturated heterocycles. The summed E-state index contributed by atoms with van der Waals surface area (Å²) in [5.74, 6) is 1.06. The average Bonchev–Trinajstić information content (AvgIpc) is 2.57. The zero-order valence-electron chi connectivity index (χ0n) is 14.7. The van der Waals surface area contributed by atoms with Crippen LogP contribution in [-0.2, 0) is 25.5 Å². The van der Waals surface area contributed by atoms with E-state index in [9.17, 15) is 0 Å². The van der Waals surface area contributed by atoms with E-state index in [1.165, 1.54) is 0 Å². The Morgan fingerprint density at radius 1 is 1.41 bits per heavy atom. The van der Waals surface area contributed by atoms with Gasteiger partial charge in [0.15, 0.2) is 8.32 Å². The Hall–Kier alpha value is 1.16. The van der Waals surface area contributed by atoms with Gasteiger partial charge in [-0.3, -0.25) is 0 Å². The molecule has 0 aliphatic carbocycles. The van der Waals surface area contributed by atoms with Gasteiger partial charge in [0.2, 0.25) is 0 Å². The van der Waals surface area contributed by atoms with Crippen LogP contribution >= 0.6 is 16.8 Å². The van der Waals surface area contributed by atoms with Gasteiger partial charge in [0.05, 0.1) is 12.7 Å². The van der Waals surface area contributed by atoms with Gasteiger partial charge in [-0.15, -0.1) is 0 Å². The highest BCUT2D eigenvalue weighted by Gasteiger charge is 2.56. The van der Waals surface area contributed by atoms with Crippen molar-refractivity contribution in [3.8, 4) is 0 Å². The van der Waals surface area contributed by atoms with Crippen LogP contribution in [0.3, 0.4) is 0 Å². The van der Waals surface area contributed by atoms with E-state index < -0.39 is 13.8 Å². The molecule has 2 aliphatic heterocycles. The maximum atomic E-state index is 6.57. The zero-order valence-corrected chi connectivity index (χ0v) is 18.2. The molecular formula is C14H28BO3PS2Si. The molecule has 8 heteroatoms. The Morgan fingerprint density at radius 2 is 2.00 bits per heavy atom. The first kappa shape index (κ1) is 19.5. The molecule has 126 valence electrons. The second-order valence-electron chi connectivity index (χ2n) is 8.10. The number of rotatable bonds is 2. The lowest BCUT2D eigenvalue weighted by atomic mass is 9.84. The Morgan fingerprint density at radius 3 is 2.45 bits per heavy atom. The molecule has 2 rings (SSSR count). The zero-order chi connectivity index (χ0) is 17.0. The molecule has 5 atom stereocenters. The van der Waals surface area contributed by atoms with Crippen LogP contribution in [0, 0.1) is 5.92 Å². The number of hydrogen-bond acceptors (Lipinski definition) is 5. The van der Waals surface area contributed by atoms with Crippen molar-refractivity contribution in [1.29, 1.82) is 0 Å². The summed E-state index contributed by atoms with van der Waals surface area (Å²) in [6.07, 6.45) is -0.0714. The Bertz CT molecular complexity index is 471. The van der Waals surface area contributed by atoms with Crippen LogP contribution in [0.4, 0.5) is 0 Å². The molecule has 1 spiro atoms. The fraction of sp³-hybridized carbons (Fsp3) is 1.00. The molecule has 2 fully saturated rings. The molecule has 0 amide bonds. The molecule has 0 bridgehead atoms. The monoisotopic (exact) mass is 378 g/mol. The van der Waals surface area contributed by atoms with Crippen LogP contribution in [0.2, 0.25) is 18.1 Å². The fourth-order valence-corrected chi connectivity index (χ4v) is 7.72. The summed E-state index contributed by atoms with van der Waals surface area (Å²) < 4.78 is 18.7. The van der Waals surface area contributed by atoms with E-state index in [4.69, 9.17) is 33.3 Å². The summed E-state index contributed by atoms with van der Waals surface area (Å²) in [6, 6.07) is -0.388. The molecule has 0 aromatic carbocycles. The minimum Gasteiger partial charge on any atom is -0.412 e. The molecule has 2 unspecified atom stereocenters. The normalized spacial score (nSPS) is 43.7. The molecule has 3 nitrogen and oxygen atoms in total. The van der Waals surface area contributed by atoms with E-state index in [0.717, 1.165) is 5.75 Å². The summed E-state index contributed by atoms with van der Waals surface area (Å²) in [7, 11) is 4.40. The molecule has 2 radical (unpaired) electrons. The van der Waals surface area contributed by atoms with E-state index in [2.05, 4.69) is 40.8 Å². The van der Waals surface area contributed by atoms with Gasteiger partial charge in [0, 0.05) is 17.7 Å². The minimum atomic E-state index is -1.88. The van der Waals surface area contributed by atoms with Gasteiger partial charge in [0.1, 0.15) is 18.9 Å². The Labute approximate surface area is 147 Å². The lowest BCUT2D eigenvalue weighted by molar-refractivity contribution is -0.0429. The maximum absolute atomic E-state index is 6.57.